The summed E-state index contributed by atoms with van der Waals surface area (Å²) in [5.41, 5.74) is 1.97. The first-order chi connectivity index (χ1) is 9.87. The van der Waals surface area contributed by atoms with E-state index in [1.54, 1.807) is 12.3 Å². The van der Waals surface area contributed by atoms with Gasteiger partial charge >= 0.3 is 0 Å². The van der Waals surface area contributed by atoms with Crippen LogP contribution in [0.3, 0.4) is 0 Å². The van der Waals surface area contributed by atoms with Crippen LogP contribution < -0.4 is 0 Å². The zero-order chi connectivity index (χ0) is 13.4. The maximum absolute atomic E-state index is 4.28. The molecule has 0 N–H and O–H groups in total. The van der Waals surface area contributed by atoms with Crippen LogP contribution in [0.25, 0.3) is 0 Å². The summed E-state index contributed by atoms with van der Waals surface area (Å²) in [6.45, 7) is 3.48. The Morgan fingerprint density at radius 3 is 2.90 bits per heavy atom. The number of fused-ring (bicyclic) bond motifs is 1. The molecule has 1 saturated heterocycles. The summed E-state index contributed by atoms with van der Waals surface area (Å²) in [5, 5.41) is 0. The van der Waals surface area contributed by atoms with Gasteiger partial charge in [0.25, 0.3) is 0 Å². The van der Waals surface area contributed by atoms with E-state index in [4.69, 9.17) is 0 Å². The van der Waals surface area contributed by atoms with Gasteiger partial charge in [0.15, 0.2) is 0 Å². The van der Waals surface area contributed by atoms with Gasteiger partial charge in [0.2, 0.25) is 0 Å². The van der Waals surface area contributed by atoms with Crippen LogP contribution in [0.5, 0.6) is 0 Å². The van der Waals surface area contributed by atoms with Crippen LogP contribution >= 0.6 is 0 Å². The van der Waals surface area contributed by atoms with E-state index in [1.165, 1.54) is 25.1 Å². The molecule has 0 bridgehead atoms. The number of hydrogen-bond donors (Lipinski definition) is 0. The molecule has 2 atom stereocenters. The zero-order valence-corrected chi connectivity index (χ0v) is 14.9. The van der Waals surface area contributed by atoms with E-state index in [9.17, 15) is 0 Å². The van der Waals surface area contributed by atoms with Crippen LogP contribution in [0.1, 0.15) is 17.8 Å². The average Bonchev–Trinajstić information content (AvgIpc) is 3.10. The smallest absolute Gasteiger partial charge is 0.0148 e. The summed E-state index contributed by atoms with van der Waals surface area (Å²) in [5.74, 6) is 1.76. The number of hydrogen-bond acceptors (Lipinski definition) is 3. The minimum atomic E-state index is 0. The Labute approximate surface area is 151 Å². The molecule has 21 heavy (non-hydrogen) atoms. The second-order valence-corrected chi connectivity index (χ2v) is 6.01. The van der Waals surface area contributed by atoms with E-state index >= 15 is 0 Å². The van der Waals surface area contributed by atoms with Gasteiger partial charge in [-0.1, -0.05) is 42.7 Å². The molecule has 1 aromatic carbocycles. The van der Waals surface area contributed by atoms with Crippen molar-refractivity contribution in [3.63, 3.8) is 0 Å². The molecule has 105 valence electrons. The fourth-order valence-electron chi connectivity index (χ4n) is 3.65. The van der Waals surface area contributed by atoms with E-state index in [-0.39, 0.29) is 32.7 Å². The van der Waals surface area contributed by atoms with Crippen molar-refractivity contribution in [2.24, 2.45) is 5.92 Å². The molecule has 1 aliphatic heterocycles. The Balaban J connectivity index is 0.00000132. The monoisotopic (exact) mass is 353 g/mol. The zero-order valence-electron chi connectivity index (χ0n) is 12.1. The van der Waals surface area contributed by atoms with E-state index in [0.717, 1.165) is 24.7 Å². The van der Waals surface area contributed by atoms with Crippen molar-refractivity contribution in [2.45, 2.75) is 18.3 Å². The Morgan fingerprint density at radius 1 is 1.29 bits per heavy atom. The summed E-state index contributed by atoms with van der Waals surface area (Å²) in [7, 11) is 0. The number of aromatic nitrogens is 2. The van der Waals surface area contributed by atoms with Gasteiger partial charge in [-0.15, -0.1) is 6.07 Å². The fraction of sp³-hybridized carbons (Fsp3) is 0.412. The minimum absolute atomic E-state index is 0. The first kappa shape index (κ1) is 15.3. The maximum Gasteiger partial charge on any atom is 0.0148 e. The van der Waals surface area contributed by atoms with Crippen molar-refractivity contribution in [3.8, 4) is 0 Å². The predicted octanol–water partition coefficient (Wildman–Crippen LogP) is 2.09. The third kappa shape index (κ3) is 2.97. The normalized spacial score (nSPS) is 27.0. The number of nitrogens with zero attached hydrogens (tertiary/aromatic N) is 3. The molecule has 3 nitrogen and oxygen atoms in total. The van der Waals surface area contributed by atoms with E-state index in [2.05, 4.69) is 51.4 Å². The molecule has 2 heterocycles. The van der Waals surface area contributed by atoms with Crippen LogP contribution in [-0.4, -0.2) is 34.5 Å². The maximum atomic E-state index is 4.28. The Kier molecular flexibility index (Phi) is 4.53. The number of benzene rings is 1. The van der Waals surface area contributed by atoms with Crippen molar-refractivity contribution >= 4 is 0 Å². The standard InChI is InChI=1S/C17H18N3.Y/c1-2-5-14(6-3-1)17-11-15(17)12-20(13-17)10-7-16-18-8-4-9-19-16;/h1-6,8,15H,7,10-13H2;/q-1;. The third-order valence-electron chi connectivity index (χ3n) is 4.78. The van der Waals surface area contributed by atoms with Crippen molar-refractivity contribution in [1.82, 2.24) is 14.9 Å². The third-order valence-corrected chi connectivity index (χ3v) is 4.78. The second kappa shape index (κ2) is 6.23. The van der Waals surface area contributed by atoms with Gasteiger partial charge in [-0.2, -0.15) is 0 Å². The molecule has 1 radical (unpaired) electrons. The first-order valence-electron chi connectivity index (χ1n) is 7.33. The Morgan fingerprint density at radius 2 is 2.14 bits per heavy atom. The van der Waals surface area contributed by atoms with Crippen LogP contribution in [0.2, 0.25) is 0 Å². The van der Waals surface area contributed by atoms with Gasteiger partial charge in [-0.3, -0.25) is 0 Å². The molecule has 2 aromatic rings. The summed E-state index contributed by atoms with van der Waals surface area (Å²) >= 11 is 0. The number of piperidine rings is 1. The van der Waals surface area contributed by atoms with Gasteiger partial charge in [-0.05, 0) is 30.9 Å². The molecule has 2 fully saturated rings. The summed E-state index contributed by atoms with van der Waals surface area (Å²) in [6.07, 6.45) is 6.92. The molecule has 0 amide bonds. The van der Waals surface area contributed by atoms with Gasteiger partial charge in [0.1, 0.15) is 0 Å². The summed E-state index contributed by atoms with van der Waals surface area (Å²) in [4.78, 5) is 11.0. The van der Waals surface area contributed by atoms with Crippen molar-refractivity contribution < 1.29 is 32.7 Å². The molecule has 1 aromatic heterocycles. The molecule has 2 unspecified atom stereocenters. The largest absolute Gasteiger partial charge is 0.373 e. The van der Waals surface area contributed by atoms with E-state index < -0.39 is 0 Å². The van der Waals surface area contributed by atoms with Crippen LogP contribution in [-0.2, 0) is 44.5 Å². The van der Waals surface area contributed by atoms with Crippen LogP contribution in [0.4, 0.5) is 0 Å². The average molecular weight is 353 g/mol. The molecule has 4 heteroatoms. The van der Waals surface area contributed by atoms with Gasteiger partial charge in [0.05, 0.1) is 0 Å². The van der Waals surface area contributed by atoms with Gasteiger partial charge in [-0.25, -0.2) is 0 Å². The predicted molar refractivity (Wildman–Crippen MR) is 77.2 cm³/mol. The van der Waals surface area contributed by atoms with Crippen molar-refractivity contribution in [1.29, 1.82) is 0 Å². The van der Waals surface area contributed by atoms with E-state index in [1.807, 2.05) is 0 Å². The molecular weight excluding hydrogens is 335 g/mol. The Bertz CT molecular complexity index is 589. The van der Waals surface area contributed by atoms with Gasteiger partial charge in [0, 0.05) is 57.0 Å². The summed E-state index contributed by atoms with van der Waals surface area (Å²) < 4.78 is 0. The van der Waals surface area contributed by atoms with Gasteiger partial charge < -0.3 is 14.9 Å². The topological polar surface area (TPSA) is 29.0 Å². The van der Waals surface area contributed by atoms with E-state index in [0.29, 0.717) is 5.41 Å². The molecule has 2 aliphatic rings. The van der Waals surface area contributed by atoms with Crippen molar-refractivity contribution in [3.05, 3.63) is 60.2 Å². The molecule has 1 saturated carbocycles. The first-order valence-corrected chi connectivity index (χ1v) is 7.33. The SMILES string of the molecule is [Y].[c-]1ccnc(CCN2CC3CC3(c3ccccc3)C2)n1. The molecular formula is C17H18N3Y-. The fourth-order valence-corrected chi connectivity index (χ4v) is 3.65. The van der Waals surface area contributed by atoms with Crippen LogP contribution in [0.15, 0.2) is 42.6 Å². The second-order valence-electron chi connectivity index (χ2n) is 6.01. The minimum Gasteiger partial charge on any atom is -0.373 e. The van der Waals surface area contributed by atoms with Crippen LogP contribution in [0, 0.1) is 12.1 Å². The molecule has 0 spiro atoms. The molecule has 4 rings (SSSR count). The Hall–Kier alpha value is -0.636. The molecule has 1 aliphatic carbocycles. The summed E-state index contributed by atoms with van der Waals surface area (Å²) in [6, 6.07) is 12.8. The van der Waals surface area contributed by atoms with Crippen molar-refractivity contribution in [2.75, 3.05) is 19.6 Å². The number of likely N-dealkylation sites (tertiary alicyclic amines) is 1. The number of rotatable bonds is 4. The quantitative estimate of drug-likeness (QED) is 0.789.